The lowest BCUT2D eigenvalue weighted by Crippen LogP contribution is -2.33. The van der Waals surface area contributed by atoms with Gasteiger partial charge in [-0.2, -0.15) is 0 Å². The maximum Gasteiger partial charge on any atom is 0.338 e. The lowest BCUT2D eigenvalue weighted by Gasteiger charge is -2.25. The number of hydrogen-bond acceptors (Lipinski definition) is 4. The van der Waals surface area contributed by atoms with E-state index < -0.39 is 13.9 Å². The second kappa shape index (κ2) is 12.9. The Morgan fingerprint density at radius 1 is 0.973 bits per heavy atom. The van der Waals surface area contributed by atoms with Crippen LogP contribution in [0.2, 0.25) is 25.7 Å². The van der Waals surface area contributed by atoms with Gasteiger partial charge in [0, 0.05) is 19.9 Å². The molecule has 0 N–H and O–H groups in total. The number of rotatable bonds is 11. The Kier molecular flexibility index (Phi) is 11.0. The summed E-state index contributed by atoms with van der Waals surface area (Å²) in [4.78, 5) is 13.1. The van der Waals surface area contributed by atoms with Crippen LogP contribution in [0.4, 0.5) is 0 Å². The van der Waals surface area contributed by atoms with Crippen LogP contribution in [0.15, 0.2) is 30.4 Å². The molecule has 37 heavy (non-hydrogen) atoms. The first kappa shape index (κ1) is 31.5. The minimum atomic E-state index is -1.27. The van der Waals surface area contributed by atoms with Gasteiger partial charge in [0.1, 0.15) is 0 Å². The molecule has 0 aromatic heterocycles. The van der Waals surface area contributed by atoms with Crippen LogP contribution < -0.4 is 0 Å². The summed E-state index contributed by atoms with van der Waals surface area (Å²) in [7, 11) is -1.27. The van der Waals surface area contributed by atoms with Crippen LogP contribution in [-0.4, -0.2) is 38.6 Å². The van der Waals surface area contributed by atoms with Gasteiger partial charge in [-0.1, -0.05) is 96.3 Å². The molecule has 0 amide bonds. The van der Waals surface area contributed by atoms with Gasteiger partial charge in [-0.05, 0) is 56.7 Å². The van der Waals surface area contributed by atoms with E-state index in [1.807, 2.05) is 20.8 Å². The number of benzene rings is 1. The monoisotopic (exact) mass is 528 g/mol. The minimum Gasteiger partial charge on any atom is -0.462 e. The van der Waals surface area contributed by atoms with Crippen LogP contribution in [0, 0.1) is 37.5 Å². The molecule has 1 aliphatic rings. The fourth-order valence-electron chi connectivity index (χ4n) is 4.61. The second-order valence-corrected chi connectivity index (χ2v) is 18.7. The zero-order chi connectivity index (χ0) is 28.1. The second-order valence-electron chi connectivity index (χ2n) is 13.1. The molecule has 5 heteroatoms. The summed E-state index contributed by atoms with van der Waals surface area (Å²) in [6, 6.07) is 5.08. The Morgan fingerprint density at radius 3 is 2.08 bits per heavy atom. The van der Waals surface area contributed by atoms with Crippen LogP contribution in [0.5, 0.6) is 0 Å². The van der Waals surface area contributed by atoms with Gasteiger partial charge in [0.2, 0.25) is 0 Å². The van der Waals surface area contributed by atoms with Gasteiger partial charge in [-0.15, -0.1) is 0 Å². The van der Waals surface area contributed by atoms with Gasteiger partial charge in [-0.25, -0.2) is 4.79 Å². The molecule has 1 aliphatic heterocycles. The Balaban J connectivity index is 2.25. The molecule has 1 aromatic carbocycles. The number of aryl methyl sites for hydroxylation is 2. The van der Waals surface area contributed by atoms with E-state index in [4.69, 9.17) is 14.2 Å². The fraction of sp³-hybridized carbons (Fsp3) is 0.656. The first-order chi connectivity index (χ1) is 17.0. The fourth-order valence-corrected chi connectivity index (χ4v) is 5.32. The summed E-state index contributed by atoms with van der Waals surface area (Å²) in [6.45, 7) is 26.5. The SMILES string of the molecule is Cc1cc(C)c(C(=O)OCC[Si](C)(C)C)c(/C=C/C(C)[C@@H]2OC(C)(C)O[C@@H]2C(C)/C=C\[C@@H](C)C(C)C)c1. The molecule has 1 fully saturated rings. The predicted molar refractivity (Wildman–Crippen MR) is 159 cm³/mol. The van der Waals surface area contributed by atoms with Crippen molar-refractivity contribution in [3.8, 4) is 0 Å². The highest BCUT2D eigenvalue weighted by Gasteiger charge is 2.45. The first-order valence-corrected chi connectivity index (χ1v) is 17.7. The molecule has 5 atom stereocenters. The Bertz CT molecular complexity index is 970. The summed E-state index contributed by atoms with van der Waals surface area (Å²) in [5.74, 6) is 0.577. The number of allylic oxidation sites excluding steroid dienone is 1. The third kappa shape index (κ3) is 9.53. The topological polar surface area (TPSA) is 44.8 Å². The van der Waals surface area contributed by atoms with Crippen molar-refractivity contribution in [1.82, 2.24) is 0 Å². The first-order valence-electron chi connectivity index (χ1n) is 14.0. The van der Waals surface area contributed by atoms with Gasteiger partial charge in [0.15, 0.2) is 5.79 Å². The third-order valence-electron chi connectivity index (χ3n) is 7.35. The van der Waals surface area contributed by atoms with Crippen LogP contribution >= 0.6 is 0 Å². The molecule has 1 aromatic rings. The summed E-state index contributed by atoms with van der Waals surface area (Å²) < 4.78 is 18.5. The molecule has 1 saturated heterocycles. The van der Waals surface area contributed by atoms with Crippen molar-refractivity contribution in [3.63, 3.8) is 0 Å². The Morgan fingerprint density at radius 2 is 1.54 bits per heavy atom. The van der Waals surface area contributed by atoms with Crippen molar-refractivity contribution >= 4 is 20.1 Å². The van der Waals surface area contributed by atoms with Crippen molar-refractivity contribution in [2.45, 2.75) is 106 Å². The van der Waals surface area contributed by atoms with Crippen LogP contribution in [0.3, 0.4) is 0 Å². The predicted octanol–water partition coefficient (Wildman–Crippen LogP) is 8.45. The molecule has 4 nitrogen and oxygen atoms in total. The van der Waals surface area contributed by atoms with Gasteiger partial charge < -0.3 is 14.2 Å². The lowest BCUT2D eigenvalue weighted by molar-refractivity contribution is -0.150. The molecular weight excluding hydrogens is 476 g/mol. The molecule has 2 unspecified atom stereocenters. The van der Waals surface area contributed by atoms with Crippen LogP contribution in [-0.2, 0) is 14.2 Å². The van der Waals surface area contributed by atoms with Crippen molar-refractivity contribution in [2.75, 3.05) is 6.61 Å². The van der Waals surface area contributed by atoms with Crippen LogP contribution in [0.1, 0.15) is 75.5 Å². The Labute approximate surface area is 227 Å². The average molecular weight is 529 g/mol. The smallest absolute Gasteiger partial charge is 0.338 e. The molecule has 208 valence electrons. The van der Waals surface area contributed by atoms with Crippen molar-refractivity contribution in [3.05, 3.63) is 52.6 Å². The van der Waals surface area contributed by atoms with E-state index in [9.17, 15) is 4.79 Å². The van der Waals surface area contributed by atoms with Gasteiger partial charge in [0.25, 0.3) is 0 Å². The minimum absolute atomic E-state index is 0.0458. The quantitative estimate of drug-likeness (QED) is 0.164. The van der Waals surface area contributed by atoms with E-state index in [0.717, 1.165) is 22.7 Å². The van der Waals surface area contributed by atoms with E-state index in [0.29, 0.717) is 24.0 Å². The number of esters is 1. The summed E-state index contributed by atoms with van der Waals surface area (Å²) >= 11 is 0. The maximum atomic E-state index is 13.1. The number of ether oxygens (including phenoxy) is 3. The van der Waals surface area contributed by atoms with Crippen molar-refractivity contribution in [2.24, 2.45) is 23.7 Å². The molecule has 1 heterocycles. The lowest BCUT2D eigenvalue weighted by atomic mass is 9.89. The average Bonchev–Trinajstić information content (AvgIpc) is 3.09. The van der Waals surface area contributed by atoms with E-state index in [1.54, 1.807) is 0 Å². The van der Waals surface area contributed by atoms with Gasteiger partial charge in [-0.3, -0.25) is 0 Å². The standard InChI is InChI=1S/C32H52O4Si/c1-21(2)23(4)13-14-24(5)29-30(36-32(8,9)35-29)25(6)15-16-27-20-22(3)19-26(7)28(27)31(33)34-17-18-37(10,11)12/h13-16,19-21,23-25,29-30H,17-18H2,1-12H3/b14-13-,16-15+/t23-,24?,25?,29-,30+/m1/s1. The molecule has 0 radical (unpaired) electrons. The molecule has 0 bridgehead atoms. The number of carbonyl (C=O) groups is 1. The number of hydrogen-bond donors (Lipinski definition) is 0. The maximum absolute atomic E-state index is 13.1. The molecule has 0 spiro atoms. The Hall–Kier alpha value is -1.69. The normalized spacial score (nSPS) is 22.6. The molecular formula is C32H52O4Si. The highest BCUT2D eigenvalue weighted by atomic mass is 28.3. The highest BCUT2D eigenvalue weighted by Crippen LogP contribution is 2.37. The van der Waals surface area contributed by atoms with E-state index in [2.05, 4.69) is 97.6 Å². The van der Waals surface area contributed by atoms with Gasteiger partial charge in [0.05, 0.1) is 24.4 Å². The summed E-state index contributed by atoms with van der Waals surface area (Å²) in [6.07, 6.45) is 8.67. The number of carbonyl (C=O) groups excluding carboxylic acids is 1. The van der Waals surface area contributed by atoms with Crippen molar-refractivity contribution in [1.29, 1.82) is 0 Å². The highest BCUT2D eigenvalue weighted by molar-refractivity contribution is 6.76. The van der Waals surface area contributed by atoms with E-state index in [-0.39, 0.29) is 30.0 Å². The van der Waals surface area contributed by atoms with Gasteiger partial charge >= 0.3 is 5.97 Å². The van der Waals surface area contributed by atoms with Crippen molar-refractivity contribution < 1.29 is 19.0 Å². The van der Waals surface area contributed by atoms with E-state index in [1.165, 1.54) is 0 Å². The summed E-state index contributed by atoms with van der Waals surface area (Å²) in [5, 5.41) is 0. The molecule has 2 rings (SSSR count). The zero-order valence-corrected chi connectivity index (χ0v) is 26.5. The summed E-state index contributed by atoms with van der Waals surface area (Å²) in [5.41, 5.74) is 3.63. The zero-order valence-electron chi connectivity index (χ0n) is 25.5. The van der Waals surface area contributed by atoms with E-state index >= 15 is 0 Å². The van der Waals surface area contributed by atoms with Crippen LogP contribution in [0.25, 0.3) is 6.08 Å². The molecule has 0 saturated carbocycles. The third-order valence-corrected chi connectivity index (χ3v) is 9.05. The molecule has 0 aliphatic carbocycles. The largest absolute Gasteiger partial charge is 0.462 e.